The molecule has 0 fully saturated rings. The third-order valence-electron chi connectivity index (χ3n) is 5.49. The molecular weight excluding hydrogens is 398 g/mol. The molecule has 0 spiro atoms. The molecular formula is C27H27N3O2. The number of rotatable bonds is 8. The number of benzene rings is 2. The van der Waals surface area contributed by atoms with E-state index in [9.17, 15) is 4.79 Å². The Morgan fingerprint density at radius 2 is 1.62 bits per heavy atom. The number of oxazole rings is 1. The molecule has 2 aromatic heterocycles. The van der Waals surface area contributed by atoms with E-state index in [0.29, 0.717) is 30.4 Å². The van der Waals surface area contributed by atoms with E-state index in [1.54, 1.807) is 12.4 Å². The molecule has 0 N–H and O–H groups in total. The van der Waals surface area contributed by atoms with Crippen molar-refractivity contribution in [2.75, 3.05) is 0 Å². The quantitative estimate of drug-likeness (QED) is 0.380. The van der Waals surface area contributed by atoms with E-state index >= 15 is 0 Å². The molecule has 0 saturated heterocycles. The predicted molar refractivity (Wildman–Crippen MR) is 125 cm³/mol. The van der Waals surface area contributed by atoms with Gasteiger partial charge < -0.3 is 9.32 Å². The van der Waals surface area contributed by atoms with E-state index < -0.39 is 0 Å². The first kappa shape index (κ1) is 21.5. The van der Waals surface area contributed by atoms with E-state index in [4.69, 9.17) is 4.42 Å². The van der Waals surface area contributed by atoms with Crippen LogP contribution in [0, 0.1) is 6.92 Å². The van der Waals surface area contributed by atoms with Crippen LogP contribution >= 0.6 is 0 Å². The van der Waals surface area contributed by atoms with Crippen molar-refractivity contribution in [3.8, 4) is 11.5 Å². The third-order valence-corrected chi connectivity index (χ3v) is 5.49. The molecule has 0 radical (unpaired) electrons. The van der Waals surface area contributed by atoms with Crippen molar-refractivity contribution in [3.05, 3.63) is 107 Å². The molecule has 0 saturated carbocycles. The maximum Gasteiger partial charge on any atom is 0.229 e. The van der Waals surface area contributed by atoms with Crippen molar-refractivity contribution in [3.63, 3.8) is 0 Å². The molecule has 0 unspecified atom stereocenters. The Hall–Kier alpha value is -3.73. The maximum absolute atomic E-state index is 13.4. The maximum atomic E-state index is 13.4. The van der Waals surface area contributed by atoms with Crippen molar-refractivity contribution >= 4 is 5.91 Å². The largest absolute Gasteiger partial charge is 0.441 e. The molecule has 4 rings (SSSR count). The van der Waals surface area contributed by atoms with E-state index in [0.717, 1.165) is 23.1 Å². The standard InChI is InChI=1S/C27H27N3O2/c1-3-21-11-13-22(14-12-21)18-30(19-23-8-7-15-28-17-23)26(31)16-25-20(2)32-27(29-25)24-9-5-4-6-10-24/h4-15,17H,3,16,18-19H2,1-2H3. The summed E-state index contributed by atoms with van der Waals surface area (Å²) < 4.78 is 5.85. The number of hydrogen-bond donors (Lipinski definition) is 0. The zero-order valence-electron chi connectivity index (χ0n) is 18.5. The van der Waals surface area contributed by atoms with Gasteiger partial charge in [0, 0.05) is 31.0 Å². The molecule has 32 heavy (non-hydrogen) atoms. The molecule has 2 heterocycles. The lowest BCUT2D eigenvalue weighted by atomic mass is 10.1. The molecule has 0 aliphatic heterocycles. The van der Waals surface area contributed by atoms with E-state index in [1.165, 1.54) is 5.56 Å². The molecule has 0 atom stereocenters. The van der Waals surface area contributed by atoms with Crippen molar-refractivity contribution in [1.82, 2.24) is 14.9 Å². The summed E-state index contributed by atoms with van der Waals surface area (Å²) in [5.41, 5.74) is 4.95. The minimum Gasteiger partial charge on any atom is -0.441 e. The van der Waals surface area contributed by atoms with Crippen LogP contribution in [0.4, 0.5) is 0 Å². The van der Waals surface area contributed by atoms with Crippen LogP contribution in [0.5, 0.6) is 0 Å². The second kappa shape index (κ2) is 10.1. The number of aryl methyl sites for hydroxylation is 2. The number of pyridine rings is 1. The summed E-state index contributed by atoms with van der Waals surface area (Å²) >= 11 is 0. The Labute approximate surface area is 188 Å². The summed E-state index contributed by atoms with van der Waals surface area (Å²) in [7, 11) is 0. The first-order valence-corrected chi connectivity index (χ1v) is 10.9. The van der Waals surface area contributed by atoms with Crippen LogP contribution < -0.4 is 0 Å². The van der Waals surface area contributed by atoms with Gasteiger partial charge in [-0.2, -0.15) is 0 Å². The zero-order chi connectivity index (χ0) is 22.3. The number of amides is 1. The summed E-state index contributed by atoms with van der Waals surface area (Å²) in [6, 6.07) is 22.0. The van der Waals surface area contributed by atoms with Crippen molar-refractivity contribution < 1.29 is 9.21 Å². The van der Waals surface area contributed by atoms with Crippen LogP contribution in [0.2, 0.25) is 0 Å². The molecule has 0 bridgehead atoms. The van der Waals surface area contributed by atoms with Crippen molar-refractivity contribution in [2.45, 2.75) is 39.8 Å². The van der Waals surface area contributed by atoms with Gasteiger partial charge in [-0.1, -0.05) is 55.5 Å². The van der Waals surface area contributed by atoms with Crippen LogP contribution in [0.25, 0.3) is 11.5 Å². The van der Waals surface area contributed by atoms with Crippen LogP contribution in [0.3, 0.4) is 0 Å². The minimum atomic E-state index is 0.00410. The minimum absolute atomic E-state index is 0.00410. The lowest BCUT2D eigenvalue weighted by molar-refractivity contribution is -0.131. The molecule has 1 amide bonds. The number of hydrogen-bond acceptors (Lipinski definition) is 4. The van der Waals surface area contributed by atoms with Gasteiger partial charge in [0.1, 0.15) is 5.76 Å². The monoisotopic (exact) mass is 425 g/mol. The molecule has 5 nitrogen and oxygen atoms in total. The number of carbonyl (C=O) groups excluding carboxylic acids is 1. The number of aromatic nitrogens is 2. The highest BCUT2D eigenvalue weighted by molar-refractivity contribution is 5.78. The van der Waals surface area contributed by atoms with Gasteiger partial charge in [0.15, 0.2) is 0 Å². The fourth-order valence-electron chi connectivity index (χ4n) is 3.60. The van der Waals surface area contributed by atoms with Crippen molar-refractivity contribution in [1.29, 1.82) is 0 Å². The van der Waals surface area contributed by atoms with Gasteiger partial charge in [-0.15, -0.1) is 0 Å². The highest BCUT2D eigenvalue weighted by atomic mass is 16.4. The average Bonchev–Trinajstić information content (AvgIpc) is 3.20. The second-order valence-electron chi connectivity index (χ2n) is 7.85. The SMILES string of the molecule is CCc1ccc(CN(Cc2cccnc2)C(=O)Cc2nc(-c3ccccc3)oc2C)cc1. The van der Waals surface area contributed by atoms with E-state index in [2.05, 4.69) is 41.2 Å². The summed E-state index contributed by atoms with van der Waals surface area (Å²) in [4.78, 5) is 24.0. The highest BCUT2D eigenvalue weighted by Gasteiger charge is 2.20. The van der Waals surface area contributed by atoms with Crippen LogP contribution in [0.1, 0.15) is 35.1 Å². The number of nitrogens with zero attached hydrogens (tertiary/aromatic N) is 3. The van der Waals surface area contributed by atoms with Crippen LogP contribution in [-0.2, 0) is 30.7 Å². The van der Waals surface area contributed by atoms with Crippen LogP contribution in [0.15, 0.2) is 83.5 Å². The van der Waals surface area contributed by atoms with Gasteiger partial charge in [-0.25, -0.2) is 4.98 Å². The molecule has 5 heteroatoms. The first-order valence-electron chi connectivity index (χ1n) is 10.9. The Morgan fingerprint density at radius 1 is 0.906 bits per heavy atom. The first-order chi connectivity index (χ1) is 15.6. The fourth-order valence-corrected chi connectivity index (χ4v) is 3.60. The molecule has 0 aliphatic carbocycles. The lowest BCUT2D eigenvalue weighted by Crippen LogP contribution is -2.31. The average molecular weight is 426 g/mol. The Bertz CT molecular complexity index is 1150. The van der Waals surface area contributed by atoms with E-state index in [1.807, 2.05) is 54.3 Å². The van der Waals surface area contributed by atoms with Gasteiger partial charge in [-0.05, 0) is 48.2 Å². The van der Waals surface area contributed by atoms with Gasteiger partial charge in [0.05, 0.1) is 12.1 Å². The topological polar surface area (TPSA) is 59.2 Å². The highest BCUT2D eigenvalue weighted by Crippen LogP contribution is 2.22. The van der Waals surface area contributed by atoms with Crippen LogP contribution in [-0.4, -0.2) is 20.8 Å². The zero-order valence-corrected chi connectivity index (χ0v) is 18.5. The molecule has 2 aromatic carbocycles. The molecule has 162 valence electrons. The van der Waals surface area contributed by atoms with Gasteiger partial charge in [-0.3, -0.25) is 9.78 Å². The Kier molecular flexibility index (Phi) is 6.75. The predicted octanol–water partition coefficient (Wildman–Crippen LogP) is 5.38. The normalized spacial score (nSPS) is 10.8. The van der Waals surface area contributed by atoms with Crippen molar-refractivity contribution in [2.24, 2.45) is 0 Å². The molecule has 0 aliphatic rings. The Balaban J connectivity index is 1.54. The smallest absolute Gasteiger partial charge is 0.229 e. The van der Waals surface area contributed by atoms with Gasteiger partial charge in [0.25, 0.3) is 0 Å². The summed E-state index contributed by atoms with van der Waals surface area (Å²) in [6.45, 7) is 5.01. The molecule has 4 aromatic rings. The lowest BCUT2D eigenvalue weighted by Gasteiger charge is -2.23. The van der Waals surface area contributed by atoms with Gasteiger partial charge >= 0.3 is 0 Å². The van der Waals surface area contributed by atoms with Gasteiger partial charge in [0.2, 0.25) is 11.8 Å². The third kappa shape index (κ3) is 5.30. The second-order valence-corrected chi connectivity index (χ2v) is 7.85. The summed E-state index contributed by atoms with van der Waals surface area (Å²) in [5, 5.41) is 0. The summed E-state index contributed by atoms with van der Waals surface area (Å²) in [5.74, 6) is 1.22. The van der Waals surface area contributed by atoms with E-state index in [-0.39, 0.29) is 12.3 Å². The summed E-state index contributed by atoms with van der Waals surface area (Å²) in [6.07, 6.45) is 4.72. The number of carbonyl (C=O) groups is 1. The fraction of sp³-hybridized carbons (Fsp3) is 0.222. The Morgan fingerprint density at radius 3 is 2.31 bits per heavy atom.